The molecule has 3 heteroatoms. The summed E-state index contributed by atoms with van der Waals surface area (Å²) in [5.74, 6) is 2.83. The highest BCUT2D eigenvalue weighted by molar-refractivity contribution is 8.89. The van der Waals surface area contributed by atoms with Crippen molar-refractivity contribution in [2.24, 2.45) is 0 Å². The van der Waals surface area contributed by atoms with E-state index in [1.54, 1.807) is 0 Å². The molecule has 0 aliphatic carbocycles. The minimum Gasteiger partial charge on any atom is -0.122 e. The van der Waals surface area contributed by atoms with Gasteiger partial charge in [0, 0.05) is 17.8 Å². The van der Waals surface area contributed by atoms with Crippen LogP contribution in [0.2, 0.25) is 0 Å². The summed E-state index contributed by atoms with van der Waals surface area (Å²) < 4.78 is 0. The predicted octanol–water partition coefficient (Wildman–Crippen LogP) is 3.19. The summed E-state index contributed by atoms with van der Waals surface area (Å²) in [7, 11) is 0. The van der Waals surface area contributed by atoms with Crippen molar-refractivity contribution in [3.05, 3.63) is 0 Å². The van der Waals surface area contributed by atoms with Gasteiger partial charge in [0.25, 0.3) is 0 Å². The molecule has 0 bridgehead atoms. The highest BCUT2D eigenvalue weighted by Gasteiger charge is 2.13. The standard InChI is InChI=1S/C5H11PS2/c1-2-3-6-7-4-5-8-6/h2-5H2,1H3. The van der Waals surface area contributed by atoms with Gasteiger partial charge in [0.2, 0.25) is 0 Å². The molecule has 0 aromatic carbocycles. The second-order valence-corrected chi connectivity index (χ2v) is 9.06. The van der Waals surface area contributed by atoms with E-state index in [0.717, 1.165) is 0 Å². The predicted molar refractivity (Wildman–Crippen MR) is 47.0 cm³/mol. The molecule has 1 rings (SSSR count). The van der Waals surface area contributed by atoms with Crippen molar-refractivity contribution in [1.82, 2.24) is 0 Å². The Kier molecular flexibility index (Phi) is 3.64. The number of hydrogen-bond acceptors (Lipinski definition) is 2. The van der Waals surface area contributed by atoms with Gasteiger partial charge in [0.1, 0.15) is 0 Å². The van der Waals surface area contributed by atoms with E-state index in [1.807, 2.05) is 0 Å². The van der Waals surface area contributed by atoms with Gasteiger partial charge < -0.3 is 0 Å². The quantitative estimate of drug-likeness (QED) is 0.578. The molecule has 0 N–H and O–H groups in total. The van der Waals surface area contributed by atoms with E-state index in [4.69, 9.17) is 0 Å². The van der Waals surface area contributed by atoms with E-state index in [1.165, 1.54) is 24.1 Å². The molecule has 48 valence electrons. The van der Waals surface area contributed by atoms with Crippen LogP contribution in [0.1, 0.15) is 13.3 Å². The van der Waals surface area contributed by atoms with E-state index in [9.17, 15) is 0 Å². The van der Waals surface area contributed by atoms with Crippen LogP contribution >= 0.6 is 29.1 Å². The molecule has 0 saturated carbocycles. The summed E-state index contributed by atoms with van der Waals surface area (Å²) in [6.07, 6.45) is 3.25. The molecule has 0 spiro atoms. The Balaban J connectivity index is 2.06. The van der Waals surface area contributed by atoms with Crippen LogP contribution in [-0.2, 0) is 0 Å². The summed E-state index contributed by atoms with van der Waals surface area (Å²) in [6.45, 7) is 2.28. The molecule has 0 nitrogen and oxygen atoms in total. The van der Waals surface area contributed by atoms with Gasteiger partial charge in [-0.1, -0.05) is 13.3 Å². The summed E-state index contributed by atoms with van der Waals surface area (Å²) >= 11 is 4.39. The molecule has 0 aromatic heterocycles. The van der Waals surface area contributed by atoms with E-state index in [-0.39, 0.29) is 0 Å². The molecule has 1 fully saturated rings. The normalized spacial score (nSPS) is 22.1. The van der Waals surface area contributed by atoms with Crippen molar-refractivity contribution in [2.45, 2.75) is 13.3 Å². The third kappa shape index (κ3) is 2.16. The smallest absolute Gasteiger partial charge is 0.0122 e. The van der Waals surface area contributed by atoms with E-state index in [0.29, 0.717) is 6.33 Å². The van der Waals surface area contributed by atoms with Crippen molar-refractivity contribution in [1.29, 1.82) is 0 Å². The van der Waals surface area contributed by atoms with Gasteiger partial charge >= 0.3 is 0 Å². The Bertz CT molecular complexity index is 61.4. The minimum absolute atomic E-state index is 0.388. The molecule has 0 unspecified atom stereocenters. The van der Waals surface area contributed by atoms with Crippen molar-refractivity contribution in [2.75, 3.05) is 17.7 Å². The molecule has 8 heavy (non-hydrogen) atoms. The van der Waals surface area contributed by atoms with Crippen molar-refractivity contribution >= 4 is 29.1 Å². The van der Waals surface area contributed by atoms with Crippen LogP contribution < -0.4 is 0 Å². The van der Waals surface area contributed by atoms with Crippen LogP contribution in [0, 0.1) is 0 Å². The van der Waals surface area contributed by atoms with Crippen molar-refractivity contribution in [3.63, 3.8) is 0 Å². The van der Waals surface area contributed by atoms with E-state index in [2.05, 4.69) is 29.7 Å². The topological polar surface area (TPSA) is 0 Å². The van der Waals surface area contributed by atoms with Gasteiger partial charge in [-0.05, 0) is 6.16 Å². The fourth-order valence-electron chi connectivity index (χ4n) is 0.627. The maximum Gasteiger partial charge on any atom is 0.0122 e. The zero-order valence-electron chi connectivity index (χ0n) is 5.09. The zero-order chi connectivity index (χ0) is 5.82. The maximum atomic E-state index is 2.28. The number of rotatable bonds is 2. The van der Waals surface area contributed by atoms with Crippen molar-refractivity contribution in [3.8, 4) is 0 Å². The third-order valence-corrected chi connectivity index (χ3v) is 9.20. The lowest BCUT2D eigenvalue weighted by atomic mass is 10.6. The lowest BCUT2D eigenvalue weighted by Crippen LogP contribution is -1.67. The first kappa shape index (κ1) is 7.24. The number of hydrogen-bond donors (Lipinski definition) is 0. The Hall–Kier alpha value is 1.13. The lowest BCUT2D eigenvalue weighted by Gasteiger charge is -2.02. The molecule has 0 atom stereocenters. The Morgan fingerprint density at radius 2 is 2.00 bits per heavy atom. The van der Waals surface area contributed by atoms with Crippen LogP contribution in [0.25, 0.3) is 0 Å². The van der Waals surface area contributed by atoms with Gasteiger partial charge in [-0.25, -0.2) is 0 Å². The van der Waals surface area contributed by atoms with E-state index >= 15 is 0 Å². The Morgan fingerprint density at radius 1 is 1.38 bits per heavy atom. The molecule has 0 radical (unpaired) electrons. The monoisotopic (exact) mass is 166 g/mol. The minimum atomic E-state index is 0.388. The fraction of sp³-hybridized carbons (Fsp3) is 1.00. The second-order valence-electron chi connectivity index (χ2n) is 1.72. The van der Waals surface area contributed by atoms with Crippen LogP contribution in [0.5, 0.6) is 0 Å². The second kappa shape index (κ2) is 4.03. The molecule has 1 saturated heterocycles. The van der Waals surface area contributed by atoms with Crippen LogP contribution in [0.15, 0.2) is 0 Å². The fourth-order valence-corrected chi connectivity index (χ4v) is 9.00. The molecule has 0 aromatic rings. The van der Waals surface area contributed by atoms with Crippen molar-refractivity contribution < 1.29 is 0 Å². The lowest BCUT2D eigenvalue weighted by molar-refractivity contribution is 1.11. The van der Waals surface area contributed by atoms with Gasteiger partial charge in [-0.3, -0.25) is 0 Å². The molecular formula is C5H11PS2. The first-order chi connectivity index (χ1) is 3.93. The zero-order valence-corrected chi connectivity index (χ0v) is 7.62. The van der Waals surface area contributed by atoms with Gasteiger partial charge in [0.15, 0.2) is 0 Å². The Labute approximate surface area is 60.4 Å². The first-order valence-electron chi connectivity index (χ1n) is 2.97. The van der Waals surface area contributed by atoms with Gasteiger partial charge in [-0.15, -0.1) is 22.8 Å². The van der Waals surface area contributed by atoms with E-state index < -0.39 is 0 Å². The molecule has 0 amide bonds. The SMILES string of the molecule is CCCP1SCCS1. The Morgan fingerprint density at radius 3 is 2.50 bits per heavy atom. The third-order valence-electron chi connectivity index (χ3n) is 0.960. The largest absolute Gasteiger partial charge is 0.122 e. The summed E-state index contributed by atoms with van der Waals surface area (Å²) in [6, 6.07) is 0. The van der Waals surface area contributed by atoms with Crippen LogP contribution in [-0.4, -0.2) is 17.7 Å². The summed E-state index contributed by atoms with van der Waals surface area (Å²) in [5.41, 5.74) is 0. The summed E-state index contributed by atoms with van der Waals surface area (Å²) in [4.78, 5) is 0. The van der Waals surface area contributed by atoms with Crippen LogP contribution in [0.4, 0.5) is 0 Å². The molecular weight excluding hydrogens is 155 g/mol. The first-order valence-corrected chi connectivity index (χ1v) is 7.67. The average Bonchev–Trinajstić information content (AvgIpc) is 2.19. The van der Waals surface area contributed by atoms with Gasteiger partial charge in [0.05, 0.1) is 0 Å². The molecule has 1 aliphatic rings. The highest BCUT2D eigenvalue weighted by atomic mass is 33.1. The van der Waals surface area contributed by atoms with Gasteiger partial charge in [-0.2, -0.15) is 0 Å². The highest BCUT2D eigenvalue weighted by Crippen LogP contribution is 2.65. The molecule has 1 heterocycles. The molecule has 1 aliphatic heterocycles. The summed E-state index contributed by atoms with van der Waals surface area (Å²) in [5, 5.41) is 0. The maximum absolute atomic E-state index is 2.28. The van der Waals surface area contributed by atoms with Crippen LogP contribution in [0.3, 0.4) is 0 Å². The average molecular weight is 166 g/mol.